The van der Waals surface area contributed by atoms with E-state index in [1.807, 2.05) is 0 Å². The van der Waals surface area contributed by atoms with Gasteiger partial charge in [-0.25, -0.2) is 13.2 Å². The first-order valence-corrected chi connectivity index (χ1v) is 9.25. The van der Waals surface area contributed by atoms with Gasteiger partial charge in [-0.1, -0.05) is 6.07 Å². The summed E-state index contributed by atoms with van der Waals surface area (Å²) in [5.74, 6) is -1.13. The van der Waals surface area contributed by atoms with Gasteiger partial charge >= 0.3 is 5.97 Å². The van der Waals surface area contributed by atoms with Crippen LogP contribution >= 0.6 is 0 Å². The summed E-state index contributed by atoms with van der Waals surface area (Å²) in [5, 5.41) is 8.61. The summed E-state index contributed by atoms with van der Waals surface area (Å²) in [6, 6.07) is 5.93. The molecule has 7 nitrogen and oxygen atoms in total. The molecule has 1 heterocycles. The molecule has 0 unspecified atom stereocenters. The number of carboxylic acids is 1. The third-order valence-corrected chi connectivity index (χ3v) is 4.57. The quantitative estimate of drug-likeness (QED) is 0.821. The highest BCUT2D eigenvalue weighted by atomic mass is 32.2. The Morgan fingerprint density at radius 2 is 2.13 bits per heavy atom. The van der Waals surface area contributed by atoms with Crippen LogP contribution < -0.4 is 4.74 Å². The predicted octanol–water partition coefficient (Wildman–Crippen LogP) is 0.799. The minimum atomic E-state index is -3.17. The van der Waals surface area contributed by atoms with Crippen molar-refractivity contribution in [1.82, 2.24) is 4.90 Å². The van der Waals surface area contributed by atoms with Crippen molar-refractivity contribution in [3.8, 4) is 5.75 Å². The smallest absolute Gasteiger partial charge is 0.341 e. The zero-order valence-corrected chi connectivity index (χ0v) is 13.6. The van der Waals surface area contributed by atoms with Crippen LogP contribution in [-0.2, 0) is 14.6 Å². The van der Waals surface area contributed by atoms with Gasteiger partial charge in [0.25, 0.3) is 5.91 Å². The summed E-state index contributed by atoms with van der Waals surface area (Å²) in [6.07, 6.45) is 2.59. The Balaban J connectivity index is 2.13. The van der Waals surface area contributed by atoms with Crippen molar-refractivity contribution in [3.63, 3.8) is 0 Å². The molecular formula is C15H19NO6S. The third-order valence-electron chi connectivity index (χ3n) is 3.58. The number of carboxylic acid groups (broad SMARTS) is 1. The lowest BCUT2D eigenvalue weighted by Gasteiger charge is -2.24. The second kappa shape index (κ2) is 6.99. The van der Waals surface area contributed by atoms with E-state index in [9.17, 15) is 18.0 Å². The number of ether oxygens (including phenoxy) is 1. The van der Waals surface area contributed by atoms with Crippen LogP contribution in [0.15, 0.2) is 24.3 Å². The molecule has 1 aliphatic rings. The molecule has 0 aromatic heterocycles. The fourth-order valence-electron chi connectivity index (χ4n) is 2.66. The van der Waals surface area contributed by atoms with Gasteiger partial charge in [0.15, 0.2) is 6.61 Å². The number of nitrogens with zero attached hydrogens (tertiary/aromatic N) is 1. The summed E-state index contributed by atoms with van der Waals surface area (Å²) in [4.78, 5) is 24.7. The van der Waals surface area contributed by atoms with Crippen molar-refractivity contribution >= 4 is 21.7 Å². The van der Waals surface area contributed by atoms with Crippen LogP contribution in [-0.4, -0.2) is 61.5 Å². The Bertz CT molecular complexity index is 700. The third kappa shape index (κ3) is 4.95. The summed E-state index contributed by atoms with van der Waals surface area (Å²) >= 11 is 0. The molecule has 23 heavy (non-hydrogen) atoms. The van der Waals surface area contributed by atoms with Crippen LogP contribution in [0.4, 0.5) is 0 Å². The van der Waals surface area contributed by atoms with Gasteiger partial charge in [-0.2, -0.15) is 0 Å². The Hall–Kier alpha value is -2.09. The van der Waals surface area contributed by atoms with Crippen molar-refractivity contribution in [2.24, 2.45) is 0 Å². The first-order chi connectivity index (χ1) is 10.8. The largest absolute Gasteiger partial charge is 0.482 e. The van der Waals surface area contributed by atoms with E-state index < -0.39 is 22.4 Å². The number of likely N-dealkylation sites (tertiary alicyclic amines) is 1. The molecule has 1 saturated heterocycles. The van der Waals surface area contributed by atoms with Gasteiger partial charge in [0.2, 0.25) is 0 Å². The molecule has 1 atom stereocenters. The lowest BCUT2D eigenvalue weighted by Crippen LogP contribution is -2.39. The van der Waals surface area contributed by atoms with E-state index in [4.69, 9.17) is 9.84 Å². The van der Waals surface area contributed by atoms with Crippen molar-refractivity contribution in [3.05, 3.63) is 29.8 Å². The first-order valence-electron chi connectivity index (χ1n) is 7.19. The monoisotopic (exact) mass is 341 g/mol. The number of hydrogen-bond acceptors (Lipinski definition) is 5. The minimum Gasteiger partial charge on any atom is -0.482 e. The van der Waals surface area contributed by atoms with Crippen molar-refractivity contribution < 1.29 is 27.9 Å². The Morgan fingerprint density at radius 3 is 2.78 bits per heavy atom. The Labute approximate surface area is 134 Å². The molecule has 0 spiro atoms. The van der Waals surface area contributed by atoms with E-state index >= 15 is 0 Å². The van der Waals surface area contributed by atoms with E-state index in [1.54, 1.807) is 23.1 Å². The van der Waals surface area contributed by atoms with Gasteiger partial charge in [0.1, 0.15) is 15.6 Å². The zero-order valence-electron chi connectivity index (χ0n) is 12.8. The molecule has 1 fully saturated rings. The van der Waals surface area contributed by atoms with Gasteiger partial charge < -0.3 is 14.7 Å². The maximum atomic E-state index is 12.6. The maximum Gasteiger partial charge on any atom is 0.341 e. The standard InChI is InChI=1S/C15H19NO6S/c1-23(20,21)10-12-5-3-7-16(12)15(19)11-4-2-6-13(8-11)22-9-14(17)18/h2,4,6,8,12H,3,5,7,9-10H2,1H3,(H,17,18)/t12-/m1/s1. The number of sulfone groups is 1. The number of carbonyl (C=O) groups is 2. The van der Waals surface area contributed by atoms with Gasteiger partial charge in [-0.3, -0.25) is 4.79 Å². The zero-order chi connectivity index (χ0) is 17.0. The Morgan fingerprint density at radius 1 is 1.39 bits per heavy atom. The molecule has 0 radical (unpaired) electrons. The van der Waals surface area contributed by atoms with Crippen LogP contribution in [0.1, 0.15) is 23.2 Å². The normalized spacial score (nSPS) is 18.0. The van der Waals surface area contributed by atoms with E-state index in [0.717, 1.165) is 12.7 Å². The predicted molar refractivity (Wildman–Crippen MR) is 83.3 cm³/mol. The minimum absolute atomic E-state index is 0.0477. The number of benzene rings is 1. The van der Waals surface area contributed by atoms with E-state index in [-0.39, 0.29) is 23.5 Å². The van der Waals surface area contributed by atoms with Gasteiger partial charge in [-0.15, -0.1) is 0 Å². The molecule has 126 valence electrons. The SMILES string of the molecule is CS(=O)(=O)C[C@H]1CCCN1C(=O)c1cccc(OCC(=O)O)c1. The molecule has 1 N–H and O–H groups in total. The molecule has 0 saturated carbocycles. The molecule has 1 aromatic carbocycles. The highest BCUT2D eigenvalue weighted by Gasteiger charge is 2.31. The summed E-state index contributed by atoms with van der Waals surface area (Å²) in [6.45, 7) is 0.0251. The van der Waals surface area contributed by atoms with Crippen molar-refractivity contribution in [2.45, 2.75) is 18.9 Å². The molecule has 2 rings (SSSR count). The lowest BCUT2D eigenvalue weighted by molar-refractivity contribution is -0.139. The van der Waals surface area contributed by atoms with Crippen molar-refractivity contribution in [1.29, 1.82) is 0 Å². The number of aliphatic carboxylic acids is 1. The summed E-state index contributed by atoms with van der Waals surface area (Å²) in [5.41, 5.74) is 0.355. The van der Waals surface area contributed by atoms with E-state index in [2.05, 4.69) is 0 Å². The second-order valence-corrected chi connectivity index (χ2v) is 7.78. The molecular weight excluding hydrogens is 322 g/mol. The van der Waals surface area contributed by atoms with Crippen LogP contribution in [0.5, 0.6) is 5.75 Å². The molecule has 1 amide bonds. The average Bonchev–Trinajstić information content (AvgIpc) is 2.90. The lowest BCUT2D eigenvalue weighted by atomic mass is 10.1. The van der Waals surface area contributed by atoms with Crippen LogP contribution in [0.3, 0.4) is 0 Å². The van der Waals surface area contributed by atoms with Gasteiger partial charge in [0, 0.05) is 24.4 Å². The second-order valence-electron chi connectivity index (χ2n) is 5.60. The maximum absolute atomic E-state index is 12.6. The fraction of sp³-hybridized carbons (Fsp3) is 0.467. The molecule has 0 bridgehead atoms. The van der Waals surface area contributed by atoms with Gasteiger partial charge in [0.05, 0.1) is 5.75 Å². The number of hydrogen-bond donors (Lipinski definition) is 1. The first kappa shape index (κ1) is 17.3. The van der Waals surface area contributed by atoms with Crippen molar-refractivity contribution in [2.75, 3.05) is 25.2 Å². The average molecular weight is 341 g/mol. The molecule has 8 heteroatoms. The number of carbonyl (C=O) groups excluding carboxylic acids is 1. The summed E-state index contributed by atoms with van der Waals surface area (Å²) < 4.78 is 28.0. The fourth-order valence-corrected chi connectivity index (χ4v) is 3.70. The highest BCUT2D eigenvalue weighted by molar-refractivity contribution is 7.90. The molecule has 1 aliphatic heterocycles. The topological polar surface area (TPSA) is 101 Å². The van der Waals surface area contributed by atoms with Crippen LogP contribution in [0.25, 0.3) is 0 Å². The number of amides is 1. The molecule has 1 aromatic rings. The van der Waals surface area contributed by atoms with Crippen LogP contribution in [0, 0.1) is 0 Å². The number of rotatable bonds is 6. The van der Waals surface area contributed by atoms with E-state index in [0.29, 0.717) is 18.5 Å². The van der Waals surface area contributed by atoms with E-state index in [1.165, 1.54) is 6.07 Å². The molecule has 0 aliphatic carbocycles. The van der Waals surface area contributed by atoms with Crippen LogP contribution in [0.2, 0.25) is 0 Å². The van der Waals surface area contributed by atoms with Gasteiger partial charge in [-0.05, 0) is 31.0 Å². The highest BCUT2D eigenvalue weighted by Crippen LogP contribution is 2.23. The Kier molecular flexibility index (Phi) is 5.25. The summed E-state index contributed by atoms with van der Waals surface area (Å²) in [7, 11) is -3.17.